The van der Waals surface area contributed by atoms with E-state index in [1.165, 1.54) is 0 Å². The molecule has 2 aromatic carbocycles. The van der Waals surface area contributed by atoms with Gasteiger partial charge in [0.25, 0.3) is 5.91 Å². The Morgan fingerprint density at radius 3 is 2.64 bits per heavy atom. The Bertz CT molecular complexity index is 1040. The van der Waals surface area contributed by atoms with Gasteiger partial charge in [0.15, 0.2) is 17.2 Å². The first-order valence-electron chi connectivity index (χ1n) is 8.95. The molecule has 28 heavy (non-hydrogen) atoms. The van der Waals surface area contributed by atoms with Crippen molar-refractivity contribution in [3.05, 3.63) is 53.7 Å². The monoisotopic (exact) mass is 379 g/mol. The number of anilines is 1. The van der Waals surface area contributed by atoms with Gasteiger partial charge in [-0.2, -0.15) is 5.10 Å². The largest absolute Gasteiger partial charge is 0.496 e. The highest BCUT2D eigenvalue weighted by Gasteiger charge is 2.17. The number of aromatic nitrogens is 2. The molecule has 0 bridgehead atoms. The highest BCUT2D eigenvalue weighted by molar-refractivity contribution is 6.03. The summed E-state index contributed by atoms with van der Waals surface area (Å²) in [5.74, 6) is 1.84. The number of ether oxygens (including phenoxy) is 3. The number of nitrogens with one attached hydrogen (secondary N) is 1. The van der Waals surface area contributed by atoms with Crippen LogP contribution in [0.1, 0.15) is 16.1 Å². The van der Waals surface area contributed by atoms with Crippen LogP contribution in [0.25, 0.3) is 11.3 Å². The zero-order valence-corrected chi connectivity index (χ0v) is 16.0. The minimum absolute atomic E-state index is 0.288. The second-order valence-electron chi connectivity index (χ2n) is 6.54. The van der Waals surface area contributed by atoms with Gasteiger partial charge in [0.2, 0.25) is 0 Å². The summed E-state index contributed by atoms with van der Waals surface area (Å²) >= 11 is 0. The van der Waals surface area contributed by atoms with E-state index in [-0.39, 0.29) is 5.91 Å². The summed E-state index contributed by atoms with van der Waals surface area (Å²) in [4.78, 5) is 12.7. The van der Waals surface area contributed by atoms with Crippen molar-refractivity contribution in [2.45, 2.75) is 6.92 Å². The number of benzene rings is 2. The van der Waals surface area contributed by atoms with Crippen molar-refractivity contribution in [3.63, 3.8) is 0 Å². The molecule has 0 atom stereocenters. The van der Waals surface area contributed by atoms with Gasteiger partial charge < -0.3 is 19.5 Å². The second kappa shape index (κ2) is 7.26. The molecule has 144 valence electrons. The number of fused-ring (bicyclic) bond motifs is 1. The summed E-state index contributed by atoms with van der Waals surface area (Å²) in [7, 11) is 3.46. The maximum Gasteiger partial charge on any atom is 0.276 e. The molecule has 0 unspecified atom stereocenters. The first-order chi connectivity index (χ1) is 13.5. The van der Waals surface area contributed by atoms with E-state index in [1.54, 1.807) is 36.1 Å². The van der Waals surface area contributed by atoms with E-state index >= 15 is 0 Å². The van der Waals surface area contributed by atoms with Crippen LogP contribution in [0.15, 0.2) is 42.5 Å². The quantitative estimate of drug-likeness (QED) is 0.752. The van der Waals surface area contributed by atoms with E-state index in [1.807, 2.05) is 32.2 Å². The van der Waals surface area contributed by atoms with Gasteiger partial charge in [-0.25, -0.2) is 0 Å². The number of amides is 1. The summed E-state index contributed by atoms with van der Waals surface area (Å²) < 4.78 is 18.1. The van der Waals surface area contributed by atoms with Crippen LogP contribution in [0.4, 0.5) is 5.69 Å². The maximum atomic E-state index is 12.7. The molecule has 1 aromatic heterocycles. The van der Waals surface area contributed by atoms with Crippen LogP contribution in [-0.4, -0.2) is 36.0 Å². The number of methoxy groups -OCH3 is 1. The highest BCUT2D eigenvalue weighted by Crippen LogP contribution is 2.33. The molecule has 1 aliphatic rings. The number of aryl methyl sites for hydroxylation is 2. The molecule has 7 nitrogen and oxygen atoms in total. The molecule has 1 aliphatic heterocycles. The Morgan fingerprint density at radius 1 is 1.11 bits per heavy atom. The lowest BCUT2D eigenvalue weighted by Crippen LogP contribution is -2.16. The van der Waals surface area contributed by atoms with Gasteiger partial charge in [-0.3, -0.25) is 9.48 Å². The molecule has 7 heteroatoms. The van der Waals surface area contributed by atoms with Gasteiger partial charge in [0.05, 0.1) is 12.8 Å². The Morgan fingerprint density at radius 2 is 1.89 bits per heavy atom. The summed E-state index contributed by atoms with van der Waals surface area (Å²) in [6.07, 6.45) is 0. The molecule has 0 saturated carbocycles. The lowest BCUT2D eigenvalue weighted by atomic mass is 10.1. The van der Waals surface area contributed by atoms with Crippen LogP contribution in [-0.2, 0) is 7.05 Å². The molecule has 0 radical (unpaired) electrons. The molecule has 0 saturated heterocycles. The number of hydrogen-bond donors (Lipinski definition) is 1. The fourth-order valence-corrected chi connectivity index (χ4v) is 3.20. The van der Waals surface area contributed by atoms with Gasteiger partial charge >= 0.3 is 0 Å². The molecule has 2 heterocycles. The van der Waals surface area contributed by atoms with Crippen LogP contribution in [0.2, 0.25) is 0 Å². The second-order valence-corrected chi connectivity index (χ2v) is 6.54. The van der Waals surface area contributed by atoms with E-state index in [9.17, 15) is 4.79 Å². The van der Waals surface area contributed by atoms with Crippen molar-refractivity contribution in [2.24, 2.45) is 7.05 Å². The molecular formula is C21H21N3O4. The van der Waals surface area contributed by atoms with Gasteiger partial charge in [0.1, 0.15) is 19.0 Å². The highest BCUT2D eigenvalue weighted by atomic mass is 16.6. The molecule has 0 aliphatic carbocycles. The third-order valence-corrected chi connectivity index (χ3v) is 4.60. The molecule has 0 fully saturated rings. The van der Waals surface area contributed by atoms with Crippen LogP contribution < -0.4 is 19.5 Å². The summed E-state index contributed by atoms with van der Waals surface area (Å²) in [6.45, 7) is 3.00. The summed E-state index contributed by atoms with van der Waals surface area (Å²) in [5.41, 5.74) is 3.79. The lowest BCUT2D eigenvalue weighted by molar-refractivity contribution is 0.102. The van der Waals surface area contributed by atoms with Crippen molar-refractivity contribution in [3.8, 4) is 28.5 Å². The Hall–Kier alpha value is -3.48. The van der Waals surface area contributed by atoms with E-state index in [4.69, 9.17) is 14.2 Å². The maximum absolute atomic E-state index is 12.7. The van der Waals surface area contributed by atoms with Crippen molar-refractivity contribution in [1.29, 1.82) is 0 Å². The van der Waals surface area contributed by atoms with E-state index in [0.29, 0.717) is 36.1 Å². The van der Waals surface area contributed by atoms with Crippen LogP contribution in [0.3, 0.4) is 0 Å². The summed E-state index contributed by atoms with van der Waals surface area (Å²) in [6, 6.07) is 13.0. The van der Waals surface area contributed by atoms with Gasteiger partial charge in [0, 0.05) is 24.4 Å². The minimum atomic E-state index is -0.288. The standard InChI is InChI=1S/C21H21N3O4/c1-13-10-14(4-6-18(13)26-3)17-12-16(23-24(17)2)21(25)22-15-5-7-19-20(11-15)28-9-8-27-19/h4-7,10-12H,8-9H2,1-3H3,(H,22,25). The van der Waals surface area contributed by atoms with Crippen molar-refractivity contribution in [2.75, 3.05) is 25.6 Å². The normalized spacial score (nSPS) is 12.5. The first kappa shape index (κ1) is 17.9. The predicted octanol–water partition coefficient (Wildman–Crippen LogP) is 3.43. The van der Waals surface area contributed by atoms with E-state index < -0.39 is 0 Å². The lowest BCUT2D eigenvalue weighted by Gasteiger charge is -2.18. The van der Waals surface area contributed by atoms with Crippen molar-refractivity contribution in [1.82, 2.24) is 9.78 Å². The third-order valence-electron chi connectivity index (χ3n) is 4.60. The van der Waals surface area contributed by atoms with E-state index in [2.05, 4.69) is 10.4 Å². The Balaban J connectivity index is 1.56. The van der Waals surface area contributed by atoms with E-state index in [0.717, 1.165) is 22.6 Å². The minimum Gasteiger partial charge on any atom is -0.496 e. The van der Waals surface area contributed by atoms with Crippen LogP contribution >= 0.6 is 0 Å². The van der Waals surface area contributed by atoms with Crippen molar-refractivity contribution < 1.29 is 19.0 Å². The number of rotatable bonds is 4. The van der Waals surface area contributed by atoms with Crippen molar-refractivity contribution >= 4 is 11.6 Å². The number of nitrogens with zero attached hydrogens (tertiary/aromatic N) is 2. The number of carbonyl (C=O) groups excluding carboxylic acids is 1. The smallest absolute Gasteiger partial charge is 0.276 e. The fraction of sp³-hybridized carbons (Fsp3) is 0.238. The molecule has 3 aromatic rings. The zero-order valence-electron chi connectivity index (χ0n) is 16.0. The molecular weight excluding hydrogens is 358 g/mol. The SMILES string of the molecule is COc1ccc(-c2cc(C(=O)Nc3ccc4c(c3)OCCO4)nn2C)cc1C. The van der Waals surface area contributed by atoms with Crippen LogP contribution in [0, 0.1) is 6.92 Å². The summed E-state index contributed by atoms with van der Waals surface area (Å²) in [5, 5.41) is 7.22. The topological polar surface area (TPSA) is 74.6 Å². The molecule has 0 spiro atoms. The number of carbonyl (C=O) groups is 1. The number of hydrogen-bond acceptors (Lipinski definition) is 5. The zero-order chi connectivity index (χ0) is 19.7. The predicted molar refractivity (Wildman–Crippen MR) is 105 cm³/mol. The molecule has 4 rings (SSSR count). The van der Waals surface area contributed by atoms with Gasteiger partial charge in [-0.15, -0.1) is 0 Å². The molecule has 1 amide bonds. The first-order valence-corrected chi connectivity index (χ1v) is 8.95. The average molecular weight is 379 g/mol. The average Bonchev–Trinajstić information content (AvgIpc) is 3.09. The fourth-order valence-electron chi connectivity index (χ4n) is 3.20. The van der Waals surface area contributed by atoms with Crippen LogP contribution in [0.5, 0.6) is 17.2 Å². The Kier molecular flexibility index (Phi) is 4.65. The molecule has 1 N–H and O–H groups in total. The Labute approximate surface area is 162 Å². The third kappa shape index (κ3) is 3.38. The van der Waals surface area contributed by atoms with Gasteiger partial charge in [-0.1, -0.05) is 0 Å². The van der Waals surface area contributed by atoms with Gasteiger partial charge in [-0.05, 0) is 48.9 Å².